The molecule has 2 aromatic rings. The van der Waals surface area contributed by atoms with Crippen molar-refractivity contribution in [1.29, 1.82) is 0 Å². The molecule has 0 bridgehead atoms. The molecular formula is C15H15NS3. The monoisotopic (exact) mass is 305 g/mol. The van der Waals surface area contributed by atoms with E-state index in [1.165, 1.54) is 5.56 Å². The van der Waals surface area contributed by atoms with E-state index in [4.69, 9.17) is 0 Å². The molecule has 98 valence electrons. The van der Waals surface area contributed by atoms with Gasteiger partial charge in [0.1, 0.15) is 0 Å². The third kappa shape index (κ3) is 6.23. The predicted octanol–water partition coefficient (Wildman–Crippen LogP) is 5.32. The number of aromatic nitrogens is 1. The predicted molar refractivity (Wildman–Crippen MR) is 91.1 cm³/mol. The lowest BCUT2D eigenvalue weighted by Gasteiger charge is -1.98. The summed E-state index contributed by atoms with van der Waals surface area (Å²) >= 11 is 0. The summed E-state index contributed by atoms with van der Waals surface area (Å²) in [5.41, 5.74) is 2.40. The number of hydrogen-bond donors (Lipinski definition) is 0. The molecule has 0 radical (unpaired) electrons. The van der Waals surface area contributed by atoms with Crippen molar-refractivity contribution in [3.05, 3.63) is 72.1 Å². The van der Waals surface area contributed by atoms with Gasteiger partial charge in [-0.3, -0.25) is 4.98 Å². The number of nitrogens with zero attached hydrogens (tertiary/aromatic N) is 1. The molecule has 1 nitrogen and oxygen atoms in total. The molecular weight excluding hydrogens is 290 g/mol. The van der Waals surface area contributed by atoms with Gasteiger partial charge in [0, 0.05) is 17.7 Å². The second kappa shape index (κ2) is 9.13. The fourth-order valence-electron chi connectivity index (χ4n) is 1.42. The van der Waals surface area contributed by atoms with Crippen molar-refractivity contribution in [2.45, 2.75) is 5.75 Å². The quantitative estimate of drug-likeness (QED) is 0.506. The standard InChI is InChI=1S/C15H15NS3/c1-2-7-14(8-3-1)9-6-12-17-19-18-13-15-10-4-5-11-16-15/h1-11H,12-13H2. The Hall–Kier alpha value is -0.840. The summed E-state index contributed by atoms with van der Waals surface area (Å²) in [6.45, 7) is 0. The minimum absolute atomic E-state index is 0.959. The smallest absolute Gasteiger partial charge is 0.0511 e. The Bertz CT molecular complexity index is 485. The van der Waals surface area contributed by atoms with E-state index in [1.54, 1.807) is 0 Å². The maximum Gasteiger partial charge on any atom is 0.0511 e. The molecule has 0 amide bonds. The van der Waals surface area contributed by atoms with Crippen LogP contribution in [-0.2, 0) is 5.75 Å². The molecule has 0 unspecified atom stereocenters. The summed E-state index contributed by atoms with van der Waals surface area (Å²) in [7, 11) is 5.52. The molecule has 0 spiro atoms. The Balaban J connectivity index is 1.56. The molecule has 0 saturated carbocycles. The fourth-order valence-corrected chi connectivity index (χ4v) is 4.71. The lowest BCUT2D eigenvalue weighted by atomic mass is 10.2. The number of benzene rings is 1. The summed E-state index contributed by atoms with van der Waals surface area (Å²) in [4.78, 5) is 4.29. The van der Waals surface area contributed by atoms with Crippen LogP contribution in [0.4, 0.5) is 0 Å². The molecule has 0 aliphatic carbocycles. The van der Waals surface area contributed by atoms with E-state index in [1.807, 2.05) is 55.8 Å². The van der Waals surface area contributed by atoms with Gasteiger partial charge in [0.15, 0.2) is 0 Å². The molecule has 0 atom stereocenters. The lowest BCUT2D eigenvalue weighted by molar-refractivity contribution is 1.18. The second-order valence-electron chi connectivity index (χ2n) is 3.75. The first-order valence-electron chi connectivity index (χ1n) is 5.98. The van der Waals surface area contributed by atoms with E-state index < -0.39 is 0 Å². The highest BCUT2D eigenvalue weighted by Crippen LogP contribution is 2.36. The first kappa shape index (κ1) is 14.6. The van der Waals surface area contributed by atoms with Crippen LogP contribution in [0.2, 0.25) is 0 Å². The van der Waals surface area contributed by atoms with Crippen molar-refractivity contribution < 1.29 is 0 Å². The zero-order valence-corrected chi connectivity index (χ0v) is 12.9. The average molecular weight is 305 g/mol. The van der Waals surface area contributed by atoms with Crippen molar-refractivity contribution in [3.63, 3.8) is 0 Å². The molecule has 1 aromatic carbocycles. The van der Waals surface area contributed by atoms with Crippen LogP contribution in [0.1, 0.15) is 11.3 Å². The minimum atomic E-state index is 0.959. The Kier molecular flexibility index (Phi) is 7.00. The first-order chi connectivity index (χ1) is 9.45. The van der Waals surface area contributed by atoms with Gasteiger partial charge in [0.05, 0.1) is 5.69 Å². The Labute approximate surface area is 126 Å². The SMILES string of the molecule is C(=Cc1ccccc1)CSSSCc1ccccn1. The van der Waals surface area contributed by atoms with Crippen molar-refractivity contribution in [2.24, 2.45) is 0 Å². The third-order valence-electron chi connectivity index (χ3n) is 2.30. The van der Waals surface area contributed by atoms with Gasteiger partial charge in [-0.2, -0.15) is 0 Å². The van der Waals surface area contributed by atoms with Crippen LogP contribution < -0.4 is 0 Å². The molecule has 0 aliphatic rings. The molecule has 1 heterocycles. The topological polar surface area (TPSA) is 12.9 Å². The molecule has 0 fully saturated rings. The van der Waals surface area contributed by atoms with E-state index in [-0.39, 0.29) is 0 Å². The normalized spacial score (nSPS) is 10.9. The van der Waals surface area contributed by atoms with Crippen LogP contribution >= 0.6 is 31.4 Å². The van der Waals surface area contributed by atoms with E-state index >= 15 is 0 Å². The summed E-state index contributed by atoms with van der Waals surface area (Å²) in [5, 5.41) is 0. The highest BCUT2D eigenvalue weighted by Gasteiger charge is 1.94. The second-order valence-corrected chi connectivity index (χ2v) is 8.03. The third-order valence-corrected chi connectivity index (χ3v) is 6.31. The van der Waals surface area contributed by atoms with Gasteiger partial charge in [-0.1, -0.05) is 70.1 Å². The van der Waals surface area contributed by atoms with E-state index in [0.29, 0.717) is 0 Å². The molecule has 2 rings (SSSR count). The van der Waals surface area contributed by atoms with E-state index in [0.717, 1.165) is 17.2 Å². The van der Waals surface area contributed by atoms with Crippen molar-refractivity contribution in [2.75, 3.05) is 5.75 Å². The van der Waals surface area contributed by atoms with E-state index in [9.17, 15) is 0 Å². The molecule has 1 aromatic heterocycles. The van der Waals surface area contributed by atoms with Crippen molar-refractivity contribution in [3.8, 4) is 0 Å². The van der Waals surface area contributed by atoms with Crippen molar-refractivity contribution >= 4 is 37.5 Å². The van der Waals surface area contributed by atoms with Gasteiger partial charge in [-0.25, -0.2) is 0 Å². The minimum Gasteiger partial charge on any atom is -0.260 e. The van der Waals surface area contributed by atoms with Gasteiger partial charge in [0.2, 0.25) is 0 Å². The highest BCUT2D eigenvalue weighted by atomic mass is 33.5. The van der Waals surface area contributed by atoms with Gasteiger partial charge in [-0.05, 0) is 27.5 Å². The van der Waals surface area contributed by atoms with Gasteiger partial charge < -0.3 is 0 Å². The number of hydrogen-bond acceptors (Lipinski definition) is 4. The van der Waals surface area contributed by atoms with Crippen LogP contribution in [0.3, 0.4) is 0 Å². The molecule has 0 aliphatic heterocycles. The molecule has 0 N–H and O–H groups in total. The first-order valence-corrected chi connectivity index (χ1v) is 9.80. The largest absolute Gasteiger partial charge is 0.260 e. The maximum atomic E-state index is 4.29. The van der Waals surface area contributed by atoms with Crippen LogP contribution in [0.5, 0.6) is 0 Å². The number of rotatable bonds is 7. The average Bonchev–Trinajstić information content (AvgIpc) is 2.48. The Morgan fingerprint density at radius 3 is 2.58 bits per heavy atom. The Morgan fingerprint density at radius 2 is 1.79 bits per heavy atom. The lowest BCUT2D eigenvalue weighted by Crippen LogP contribution is -1.81. The van der Waals surface area contributed by atoms with Crippen LogP contribution in [-0.4, -0.2) is 10.7 Å². The highest BCUT2D eigenvalue weighted by molar-refractivity contribution is 9.09. The number of pyridine rings is 1. The molecule has 0 saturated heterocycles. The van der Waals surface area contributed by atoms with Crippen LogP contribution in [0.25, 0.3) is 6.08 Å². The van der Waals surface area contributed by atoms with Crippen LogP contribution in [0, 0.1) is 0 Å². The summed E-state index contributed by atoms with van der Waals surface area (Å²) < 4.78 is 0. The zero-order chi connectivity index (χ0) is 13.2. The summed E-state index contributed by atoms with van der Waals surface area (Å²) in [6.07, 6.45) is 6.21. The summed E-state index contributed by atoms with van der Waals surface area (Å²) in [6, 6.07) is 16.4. The van der Waals surface area contributed by atoms with E-state index in [2.05, 4.69) is 47.5 Å². The maximum absolute atomic E-state index is 4.29. The Morgan fingerprint density at radius 1 is 0.947 bits per heavy atom. The fraction of sp³-hybridized carbons (Fsp3) is 0.133. The van der Waals surface area contributed by atoms with Crippen molar-refractivity contribution in [1.82, 2.24) is 4.98 Å². The molecule has 4 heteroatoms. The molecule has 19 heavy (non-hydrogen) atoms. The zero-order valence-electron chi connectivity index (χ0n) is 10.4. The van der Waals surface area contributed by atoms with Gasteiger partial charge >= 0.3 is 0 Å². The van der Waals surface area contributed by atoms with Crippen LogP contribution in [0.15, 0.2) is 60.8 Å². The summed E-state index contributed by atoms with van der Waals surface area (Å²) in [5.74, 6) is 1.98. The van der Waals surface area contributed by atoms with Gasteiger partial charge in [-0.15, -0.1) is 0 Å². The van der Waals surface area contributed by atoms with Gasteiger partial charge in [0.25, 0.3) is 0 Å².